The number of aryl methyl sites for hydroxylation is 1. The Balaban J connectivity index is 1.32. The Bertz CT molecular complexity index is 677. The molecule has 4 heterocycles. The van der Waals surface area contributed by atoms with Crippen molar-refractivity contribution in [3.8, 4) is 0 Å². The maximum atomic E-state index is 6.04. The molecule has 0 amide bonds. The molecule has 2 saturated heterocycles. The van der Waals surface area contributed by atoms with Crippen LogP contribution in [0.4, 0.5) is 0 Å². The second-order valence-electron chi connectivity index (χ2n) is 7.91. The van der Waals surface area contributed by atoms with Crippen LogP contribution in [0.3, 0.4) is 0 Å². The molecule has 0 radical (unpaired) electrons. The van der Waals surface area contributed by atoms with Gasteiger partial charge in [-0.2, -0.15) is 5.10 Å². The van der Waals surface area contributed by atoms with Crippen LogP contribution in [0.1, 0.15) is 37.8 Å². The number of guanidine groups is 1. The number of methoxy groups -OCH3 is 1. The number of aromatic nitrogens is 3. The maximum Gasteiger partial charge on any atom is 0.191 e. The van der Waals surface area contributed by atoms with Gasteiger partial charge in [-0.1, -0.05) is 0 Å². The zero-order chi connectivity index (χ0) is 19.3. The van der Waals surface area contributed by atoms with Gasteiger partial charge in [-0.25, -0.2) is 9.67 Å². The lowest BCUT2D eigenvalue weighted by atomic mass is 10.1. The molecule has 9 nitrogen and oxygen atoms in total. The van der Waals surface area contributed by atoms with Crippen LogP contribution in [0, 0.1) is 0 Å². The number of nitrogens with zero attached hydrogens (tertiary/aromatic N) is 5. The van der Waals surface area contributed by atoms with Crippen LogP contribution in [0.15, 0.2) is 4.99 Å². The molecule has 4 rings (SSSR count). The van der Waals surface area contributed by atoms with Crippen molar-refractivity contribution < 1.29 is 9.47 Å². The van der Waals surface area contributed by atoms with Gasteiger partial charge < -0.3 is 20.1 Å². The highest BCUT2D eigenvalue weighted by atomic mass is 16.5. The lowest BCUT2D eigenvalue weighted by Gasteiger charge is -2.34. The van der Waals surface area contributed by atoms with Crippen molar-refractivity contribution in [3.05, 3.63) is 11.6 Å². The van der Waals surface area contributed by atoms with Gasteiger partial charge in [-0.15, -0.1) is 0 Å². The van der Waals surface area contributed by atoms with E-state index in [-0.39, 0.29) is 12.1 Å². The molecular formula is C19H33N7O2. The molecule has 2 fully saturated rings. The Hall–Kier alpha value is -1.71. The zero-order valence-electron chi connectivity index (χ0n) is 17.1. The highest BCUT2D eigenvalue weighted by Crippen LogP contribution is 2.22. The fraction of sp³-hybridized carbons (Fsp3) is 0.842. The molecule has 0 spiro atoms. The summed E-state index contributed by atoms with van der Waals surface area (Å²) in [6, 6.07) is 0.923. The molecule has 0 saturated carbocycles. The number of hydrogen-bond donors (Lipinski definition) is 2. The summed E-state index contributed by atoms with van der Waals surface area (Å²) in [4.78, 5) is 11.9. The molecule has 28 heavy (non-hydrogen) atoms. The van der Waals surface area contributed by atoms with E-state index < -0.39 is 0 Å². The molecule has 0 aliphatic carbocycles. The average Bonchev–Trinajstić information content (AvgIpc) is 3.32. The van der Waals surface area contributed by atoms with Crippen LogP contribution in [0.5, 0.6) is 0 Å². The van der Waals surface area contributed by atoms with Gasteiger partial charge in [-0.3, -0.25) is 9.89 Å². The molecule has 9 heteroatoms. The van der Waals surface area contributed by atoms with Gasteiger partial charge in [0, 0.05) is 38.7 Å². The van der Waals surface area contributed by atoms with Gasteiger partial charge in [-0.05, 0) is 32.7 Å². The van der Waals surface area contributed by atoms with Gasteiger partial charge in [0.2, 0.25) is 0 Å². The second-order valence-corrected chi connectivity index (χ2v) is 7.91. The Kier molecular flexibility index (Phi) is 6.43. The molecule has 156 valence electrons. The predicted octanol–water partition coefficient (Wildman–Crippen LogP) is 0.158. The number of aliphatic imine (C=N–C) groups is 1. The number of nitrogens with one attached hydrogen (secondary N) is 2. The summed E-state index contributed by atoms with van der Waals surface area (Å²) in [6.07, 6.45) is 4.69. The molecule has 3 aliphatic heterocycles. The third-order valence-corrected chi connectivity index (χ3v) is 5.78. The first-order valence-corrected chi connectivity index (χ1v) is 10.6. The van der Waals surface area contributed by atoms with Gasteiger partial charge in [0.15, 0.2) is 11.8 Å². The minimum absolute atomic E-state index is 0.190. The van der Waals surface area contributed by atoms with Crippen LogP contribution in [0.2, 0.25) is 0 Å². The molecular weight excluding hydrogens is 358 g/mol. The number of morpholine rings is 1. The zero-order valence-corrected chi connectivity index (χ0v) is 17.1. The summed E-state index contributed by atoms with van der Waals surface area (Å²) in [5, 5.41) is 11.5. The van der Waals surface area contributed by atoms with Crippen LogP contribution in [-0.4, -0.2) is 83.7 Å². The van der Waals surface area contributed by atoms with E-state index in [1.54, 1.807) is 7.11 Å². The van der Waals surface area contributed by atoms with Crippen molar-refractivity contribution in [1.29, 1.82) is 0 Å². The van der Waals surface area contributed by atoms with Crippen LogP contribution in [0.25, 0.3) is 0 Å². The molecule has 0 aromatic carbocycles. The minimum Gasteiger partial charge on any atom is -0.377 e. The summed E-state index contributed by atoms with van der Waals surface area (Å²) in [5.74, 6) is 2.66. The van der Waals surface area contributed by atoms with Crippen molar-refractivity contribution in [3.63, 3.8) is 0 Å². The van der Waals surface area contributed by atoms with Crippen molar-refractivity contribution in [2.24, 2.45) is 4.99 Å². The van der Waals surface area contributed by atoms with Crippen LogP contribution >= 0.6 is 0 Å². The Morgan fingerprint density at radius 1 is 1.36 bits per heavy atom. The molecule has 1 aromatic heterocycles. The SMILES string of the molecule is CCNC(=NCC1CN2CCCC2CO1)NC1CCc2nc(COC)nn2C1. The molecule has 1 aromatic rings. The predicted molar refractivity (Wildman–Crippen MR) is 106 cm³/mol. The first kappa shape index (κ1) is 19.6. The van der Waals surface area contributed by atoms with E-state index in [1.807, 2.05) is 4.68 Å². The first-order valence-electron chi connectivity index (χ1n) is 10.6. The van der Waals surface area contributed by atoms with E-state index in [0.717, 1.165) is 56.7 Å². The van der Waals surface area contributed by atoms with E-state index >= 15 is 0 Å². The first-order chi connectivity index (χ1) is 13.7. The van der Waals surface area contributed by atoms with E-state index in [0.29, 0.717) is 19.2 Å². The number of hydrogen-bond acceptors (Lipinski definition) is 6. The minimum atomic E-state index is 0.190. The monoisotopic (exact) mass is 391 g/mol. The molecule has 3 unspecified atom stereocenters. The average molecular weight is 392 g/mol. The van der Waals surface area contributed by atoms with E-state index in [1.165, 1.54) is 19.4 Å². The fourth-order valence-corrected chi connectivity index (χ4v) is 4.37. The lowest BCUT2D eigenvalue weighted by Crippen LogP contribution is -2.49. The third-order valence-electron chi connectivity index (χ3n) is 5.78. The highest BCUT2D eigenvalue weighted by molar-refractivity contribution is 5.80. The maximum absolute atomic E-state index is 6.04. The smallest absolute Gasteiger partial charge is 0.191 e. The van der Waals surface area contributed by atoms with E-state index in [2.05, 4.69) is 32.5 Å². The Morgan fingerprint density at radius 3 is 3.14 bits per heavy atom. The van der Waals surface area contributed by atoms with Crippen molar-refractivity contribution in [1.82, 2.24) is 30.3 Å². The van der Waals surface area contributed by atoms with Crippen LogP contribution < -0.4 is 10.6 Å². The molecule has 3 atom stereocenters. The lowest BCUT2D eigenvalue weighted by molar-refractivity contribution is -0.0432. The highest BCUT2D eigenvalue weighted by Gasteiger charge is 2.32. The molecule has 3 aliphatic rings. The van der Waals surface area contributed by atoms with Gasteiger partial charge >= 0.3 is 0 Å². The summed E-state index contributed by atoms with van der Waals surface area (Å²) < 4.78 is 13.2. The normalized spacial score (nSPS) is 28.1. The quantitative estimate of drug-likeness (QED) is 0.527. The van der Waals surface area contributed by atoms with Crippen molar-refractivity contribution in [2.45, 2.75) is 63.9 Å². The summed E-state index contributed by atoms with van der Waals surface area (Å²) in [6.45, 7) is 7.94. The summed E-state index contributed by atoms with van der Waals surface area (Å²) >= 11 is 0. The van der Waals surface area contributed by atoms with Gasteiger partial charge in [0.25, 0.3) is 0 Å². The number of fused-ring (bicyclic) bond motifs is 2. The fourth-order valence-electron chi connectivity index (χ4n) is 4.37. The molecule has 0 bridgehead atoms. The Morgan fingerprint density at radius 2 is 2.29 bits per heavy atom. The number of ether oxygens (including phenoxy) is 2. The second kappa shape index (κ2) is 9.19. The van der Waals surface area contributed by atoms with Crippen molar-refractivity contribution >= 4 is 5.96 Å². The van der Waals surface area contributed by atoms with Crippen LogP contribution in [-0.2, 0) is 29.0 Å². The largest absolute Gasteiger partial charge is 0.377 e. The third kappa shape index (κ3) is 4.64. The standard InChI is InChI=1S/C19H33N7O2/c1-3-20-19(21-9-16-11-25-8-4-5-15(25)12-28-16)22-14-6-7-18-23-17(13-27-2)24-26(18)10-14/h14-16H,3-13H2,1-2H3,(H2,20,21,22). The summed E-state index contributed by atoms with van der Waals surface area (Å²) in [7, 11) is 1.67. The summed E-state index contributed by atoms with van der Waals surface area (Å²) in [5.41, 5.74) is 0. The number of rotatable bonds is 6. The van der Waals surface area contributed by atoms with Crippen molar-refractivity contribution in [2.75, 3.05) is 39.9 Å². The van der Waals surface area contributed by atoms with E-state index in [4.69, 9.17) is 14.5 Å². The Labute approximate surface area is 166 Å². The van der Waals surface area contributed by atoms with Gasteiger partial charge in [0.1, 0.15) is 12.4 Å². The topological polar surface area (TPSA) is 88.8 Å². The van der Waals surface area contributed by atoms with E-state index in [9.17, 15) is 0 Å². The molecule has 2 N–H and O–H groups in total. The van der Waals surface area contributed by atoms with Gasteiger partial charge in [0.05, 0.1) is 25.8 Å².